The molecule has 3 rings (SSSR count). The average Bonchev–Trinajstić information content (AvgIpc) is 2.92. The summed E-state index contributed by atoms with van der Waals surface area (Å²) >= 11 is 3.18. The predicted molar refractivity (Wildman–Crippen MR) is 70.2 cm³/mol. The molecule has 2 aliphatic rings. The minimum absolute atomic E-state index is 0.169. The van der Waals surface area contributed by atoms with Gasteiger partial charge in [-0.05, 0) is 64.7 Å². The standard InChI is InChI=1S/C14H17BrFN/c15-12-4-2-10(6-13(12)16)8-17-14-7-9-1-3-11(14)5-9/h2,4,6,9,11,14,17H,1,3,5,7-8H2. The fourth-order valence-corrected chi connectivity index (χ4v) is 3.64. The van der Waals surface area contributed by atoms with Crippen molar-refractivity contribution in [1.82, 2.24) is 5.32 Å². The molecular weight excluding hydrogens is 281 g/mol. The summed E-state index contributed by atoms with van der Waals surface area (Å²) in [5.74, 6) is 1.66. The van der Waals surface area contributed by atoms with Crippen molar-refractivity contribution < 1.29 is 4.39 Å². The molecule has 0 saturated heterocycles. The molecule has 0 amide bonds. The first-order chi connectivity index (χ1) is 8.22. The molecule has 3 unspecified atom stereocenters. The smallest absolute Gasteiger partial charge is 0.137 e. The van der Waals surface area contributed by atoms with E-state index in [1.807, 2.05) is 6.07 Å². The zero-order valence-corrected chi connectivity index (χ0v) is 11.3. The SMILES string of the molecule is Fc1cc(CNC2CC3CCC2C3)ccc1Br. The van der Waals surface area contributed by atoms with Gasteiger partial charge in [-0.2, -0.15) is 0 Å². The first kappa shape index (κ1) is 11.7. The van der Waals surface area contributed by atoms with E-state index >= 15 is 0 Å². The van der Waals surface area contributed by atoms with E-state index in [9.17, 15) is 4.39 Å². The third-order valence-corrected chi connectivity index (χ3v) is 4.93. The van der Waals surface area contributed by atoms with Crippen LogP contribution < -0.4 is 5.32 Å². The first-order valence-corrected chi connectivity index (χ1v) is 7.19. The fourth-order valence-electron chi connectivity index (χ4n) is 3.39. The van der Waals surface area contributed by atoms with Gasteiger partial charge in [0.1, 0.15) is 5.82 Å². The molecule has 0 spiro atoms. The zero-order chi connectivity index (χ0) is 11.8. The van der Waals surface area contributed by atoms with E-state index < -0.39 is 0 Å². The molecule has 0 aromatic heterocycles. The molecular formula is C14H17BrFN. The van der Waals surface area contributed by atoms with Crippen molar-refractivity contribution in [2.45, 2.75) is 38.3 Å². The molecule has 92 valence electrons. The largest absolute Gasteiger partial charge is 0.310 e. The summed E-state index contributed by atoms with van der Waals surface area (Å²) in [5.41, 5.74) is 1.04. The quantitative estimate of drug-likeness (QED) is 0.893. The van der Waals surface area contributed by atoms with Crippen molar-refractivity contribution in [2.24, 2.45) is 11.8 Å². The molecule has 1 aromatic carbocycles. The average molecular weight is 298 g/mol. The molecule has 0 heterocycles. The molecule has 1 aromatic rings. The number of halogens is 2. The Morgan fingerprint density at radius 1 is 1.29 bits per heavy atom. The van der Waals surface area contributed by atoms with Crippen LogP contribution in [0.3, 0.4) is 0 Å². The monoisotopic (exact) mass is 297 g/mol. The Balaban J connectivity index is 1.59. The van der Waals surface area contributed by atoms with Crippen LogP contribution in [0.2, 0.25) is 0 Å². The summed E-state index contributed by atoms with van der Waals surface area (Å²) < 4.78 is 13.9. The molecule has 0 aliphatic heterocycles. The van der Waals surface area contributed by atoms with Crippen LogP contribution >= 0.6 is 15.9 Å². The lowest BCUT2D eigenvalue weighted by Crippen LogP contribution is -2.33. The van der Waals surface area contributed by atoms with Crippen molar-refractivity contribution in [3.8, 4) is 0 Å². The number of hydrogen-bond acceptors (Lipinski definition) is 1. The molecule has 17 heavy (non-hydrogen) atoms. The van der Waals surface area contributed by atoms with E-state index in [1.54, 1.807) is 12.1 Å². The second-order valence-electron chi connectivity index (χ2n) is 5.41. The van der Waals surface area contributed by atoms with Crippen LogP contribution in [0.5, 0.6) is 0 Å². The van der Waals surface area contributed by atoms with Crippen LogP contribution in [0, 0.1) is 17.7 Å². The topological polar surface area (TPSA) is 12.0 Å². The van der Waals surface area contributed by atoms with Crippen LogP contribution in [-0.4, -0.2) is 6.04 Å². The van der Waals surface area contributed by atoms with E-state index in [1.165, 1.54) is 25.7 Å². The van der Waals surface area contributed by atoms with Crippen LogP contribution in [0.25, 0.3) is 0 Å². The fraction of sp³-hybridized carbons (Fsp3) is 0.571. The summed E-state index contributed by atoms with van der Waals surface area (Å²) in [6, 6.07) is 6.05. The molecule has 1 nitrogen and oxygen atoms in total. The van der Waals surface area contributed by atoms with Gasteiger partial charge in [0.05, 0.1) is 4.47 Å². The molecule has 3 atom stereocenters. The van der Waals surface area contributed by atoms with Crippen molar-refractivity contribution in [3.05, 3.63) is 34.1 Å². The summed E-state index contributed by atoms with van der Waals surface area (Å²) in [4.78, 5) is 0. The molecule has 2 aliphatic carbocycles. The number of nitrogens with one attached hydrogen (secondary N) is 1. The van der Waals surface area contributed by atoms with Crippen molar-refractivity contribution in [1.29, 1.82) is 0 Å². The third kappa shape index (κ3) is 2.41. The number of hydrogen-bond donors (Lipinski definition) is 1. The van der Waals surface area contributed by atoms with Gasteiger partial charge in [0.15, 0.2) is 0 Å². The Morgan fingerprint density at radius 3 is 2.82 bits per heavy atom. The minimum Gasteiger partial charge on any atom is -0.310 e. The summed E-state index contributed by atoms with van der Waals surface area (Å²) in [7, 11) is 0. The van der Waals surface area contributed by atoms with Gasteiger partial charge in [-0.1, -0.05) is 12.5 Å². The van der Waals surface area contributed by atoms with Gasteiger partial charge in [0.2, 0.25) is 0 Å². The van der Waals surface area contributed by atoms with Gasteiger partial charge in [-0.15, -0.1) is 0 Å². The number of fused-ring (bicyclic) bond motifs is 2. The van der Waals surface area contributed by atoms with E-state index in [4.69, 9.17) is 0 Å². The van der Waals surface area contributed by atoms with Gasteiger partial charge in [-0.3, -0.25) is 0 Å². The maximum atomic E-state index is 13.4. The van der Waals surface area contributed by atoms with E-state index in [-0.39, 0.29) is 5.82 Å². The lowest BCUT2D eigenvalue weighted by Gasteiger charge is -2.23. The predicted octanol–water partition coefficient (Wildman–Crippen LogP) is 3.87. The Labute approximate surface area is 110 Å². The maximum absolute atomic E-state index is 13.4. The second-order valence-corrected chi connectivity index (χ2v) is 6.27. The van der Waals surface area contributed by atoms with Crippen LogP contribution in [0.4, 0.5) is 4.39 Å². The first-order valence-electron chi connectivity index (χ1n) is 6.39. The van der Waals surface area contributed by atoms with E-state index in [0.717, 1.165) is 23.9 Å². The molecule has 1 N–H and O–H groups in total. The van der Waals surface area contributed by atoms with Gasteiger partial charge < -0.3 is 5.32 Å². The summed E-state index contributed by atoms with van der Waals surface area (Å²) in [5, 5.41) is 3.59. The normalized spacial score (nSPS) is 31.1. The number of rotatable bonds is 3. The minimum atomic E-state index is -0.169. The molecule has 2 saturated carbocycles. The van der Waals surface area contributed by atoms with Crippen molar-refractivity contribution >= 4 is 15.9 Å². The Morgan fingerprint density at radius 2 is 2.18 bits per heavy atom. The molecule has 2 bridgehead atoms. The molecule has 3 heteroatoms. The van der Waals surface area contributed by atoms with Gasteiger partial charge >= 0.3 is 0 Å². The summed E-state index contributed by atoms with van der Waals surface area (Å²) in [6.45, 7) is 0.790. The van der Waals surface area contributed by atoms with Crippen LogP contribution in [0.15, 0.2) is 22.7 Å². The zero-order valence-electron chi connectivity index (χ0n) is 9.76. The summed E-state index contributed by atoms with van der Waals surface area (Å²) in [6.07, 6.45) is 5.54. The van der Waals surface area contributed by atoms with E-state index in [0.29, 0.717) is 10.5 Å². The Bertz CT molecular complexity index is 421. The highest BCUT2D eigenvalue weighted by molar-refractivity contribution is 9.10. The lowest BCUT2D eigenvalue weighted by molar-refractivity contribution is 0.350. The third-order valence-electron chi connectivity index (χ3n) is 4.29. The molecule has 0 radical (unpaired) electrons. The Kier molecular flexibility index (Phi) is 3.22. The number of benzene rings is 1. The van der Waals surface area contributed by atoms with Gasteiger partial charge in [0.25, 0.3) is 0 Å². The maximum Gasteiger partial charge on any atom is 0.137 e. The highest BCUT2D eigenvalue weighted by Crippen LogP contribution is 2.44. The van der Waals surface area contributed by atoms with Gasteiger partial charge in [-0.25, -0.2) is 4.39 Å². The lowest BCUT2D eigenvalue weighted by atomic mass is 9.95. The van der Waals surface area contributed by atoms with Crippen LogP contribution in [0.1, 0.15) is 31.2 Å². The van der Waals surface area contributed by atoms with Crippen molar-refractivity contribution in [3.63, 3.8) is 0 Å². The van der Waals surface area contributed by atoms with Gasteiger partial charge in [0, 0.05) is 12.6 Å². The second kappa shape index (κ2) is 4.69. The molecule has 2 fully saturated rings. The van der Waals surface area contributed by atoms with E-state index in [2.05, 4.69) is 21.2 Å². The van der Waals surface area contributed by atoms with Crippen LogP contribution in [-0.2, 0) is 6.54 Å². The highest BCUT2D eigenvalue weighted by atomic mass is 79.9. The van der Waals surface area contributed by atoms with Crippen molar-refractivity contribution in [2.75, 3.05) is 0 Å². The highest BCUT2D eigenvalue weighted by Gasteiger charge is 2.38. The Hall–Kier alpha value is -0.410.